The van der Waals surface area contributed by atoms with E-state index >= 15 is 0 Å². The average molecular weight is 288 g/mol. The van der Waals surface area contributed by atoms with Crippen LogP contribution in [0.15, 0.2) is 0 Å². The first-order valence-corrected chi connectivity index (χ1v) is 7.40. The van der Waals surface area contributed by atoms with Crippen LogP contribution >= 0.6 is 0 Å². The Hall–Kier alpha value is -1.14. The summed E-state index contributed by atoms with van der Waals surface area (Å²) >= 11 is 0. The van der Waals surface area contributed by atoms with Crippen molar-refractivity contribution < 1.29 is 19.8 Å². The molecule has 0 aromatic heterocycles. The summed E-state index contributed by atoms with van der Waals surface area (Å²) in [6, 6.07) is -0.998. The van der Waals surface area contributed by atoms with Gasteiger partial charge in [0, 0.05) is 19.7 Å². The van der Waals surface area contributed by atoms with Crippen molar-refractivity contribution in [2.45, 2.75) is 57.9 Å². The van der Waals surface area contributed by atoms with Gasteiger partial charge in [-0.2, -0.15) is 0 Å². The number of carbonyl (C=O) groups excluding carboxylic acids is 1. The van der Waals surface area contributed by atoms with Crippen LogP contribution in [0.4, 0.5) is 0 Å². The highest BCUT2D eigenvalue weighted by Gasteiger charge is 2.22. The van der Waals surface area contributed by atoms with Gasteiger partial charge in [0.25, 0.3) is 0 Å². The molecule has 0 rings (SSSR count). The lowest BCUT2D eigenvalue weighted by atomic mass is 10.1. The molecule has 118 valence electrons. The third-order valence-electron chi connectivity index (χ3n) is 3.14. The van der Waals surface area contributed by atoms with E-state index in [2.05, 4.69) is 6.92 Å². The largest absolute Gasteiger partial charge is 0.481 e. The molecule has 0 aromatic rings. The van der Waals surface area contributed by atoms with E-state index in [1.165, 1.54) is 6.42 Å². The second-order valence-electron chi connectivity index (χ2n) is 5.02. The van der Waals surface area contributed by atoms with Crippen LogP contribution in [0.1, 0.15) is 51.9 Å². The number of hydrogen-bond donors (Lipinski definition) is 3. The van der Waals surface area contributed by atoms with Crippen LogP contribution in [-0.2, 0) is 9.59 Å². The minimum atomic E-state index is -1.07. The smallest absolute Gasteiger partial charge is 0.305 e. The van der Waals surface area contributed by atoms with E-state index in [0.29, 0.717) is 19.5 Å². The fourth-order valence-corrected chi connectivity index (χ4v) is 2.01. The van der Waals surface area contributed by atoms with Crippen molar-refractivity contribution in [2.75, 3.05) is 19.7 Å². The van der Waals surface area contributed by atoms with Crippen LogP contribution in [0, 0.1) is 0 Å². The summed E-state index contributed by atoms with van der Waals surface area (Å²) in [7, 11) is 0. The quantitative estimate of drug-likeness (QED) is 0.464. The lowest BCUT2D eigenvalue weighted by Gasteiger charge is -2.25. The minimum absolute atomic E-state index is 0.00772. The fraction of sp³-hybridized carbons (Fsp3) is 0.857. The monoisotopic (exact) mass is 288 g/mol. The molecule has 0 saturated heterocycles. The highest BCUT2D eigenvalue weighted by atomic mass is 16.4. The van der Waals surface area contributed by atoms with Crippen LogP contribution in [0.3, 0.4) is 0 Å². The predicted octanol–water partition coefficient (Wildman–Crippen LogP) is 0.970. The fourth-order valence-electron chi connectivity index (χ4n) is 2.01. The van der Waals surface area contributed by atoms with Gasteiger partial charge in [-0.1, -0.05) is 32.6 Å². The number of carboxylic acid groups (broad SMARTS) is 1. The van der Waals surface area contributed by atoms with E-state index in [1.807, 2.05) is 0 Å². The van der Waals surface area contributed by atoms with E-state index in [4.69, 9.17) is 15.9 Å². The van der Waals surface area contributed by atoms with Gasteiger partial charge < -0.3 is 20.8 Å². The Bertz CT molecular complexity index is 284. The molecule has 1 amide bonds. The van der Waals surface area contributed by atoms with Crippen molar-refractivity contribution in [3.63, 3.8) is 0 Å². The number of hydrogen-bond acceptors (Lipinski definition) is 4. The molecule has 0 aliphatic heterocycles. The van der Waals surface area contributed by atoms with Gasteiger partial charge >= 0.3 is 5.97 Å². The third kappa shape index (κ3) is 8.87. The molecule has 4 N–H and O–H groups in total. The molecule has 1 atom stereocenters. The highest BCUT2D eigenvalue weighted by molar-refractivity contribution is 5.85. The zero-order valence-corrected chi connectivity index (χ0v) is 12.4. The van der Waals surface area contributed by atoms with Gasteiger partial charge in [-0.15, -0.1) is 0 Å². The number of unbranched alkanes of at least 4 members (excludes halogenated alkanes) is 4. The van der Waals surface area contributed by atoms with Crippen molar-refractivity contribution in [1.82, 2.24) is 4.90 Å². The van der Waals surface area contributed by atoms with Crippen LogP contribution < -0.4 is 5.73 Å². The molecule has 20 heavy (non-hydrogen) atoms. The zero-order chi connectivity index (χ0) is 15.4. The molecular formula is C14H28N2O4. The average Bonchev–Trinajstić information content (AvgIpc) is 2.40. The zero-order valence-electron chi connectivity index (χ0n) is 12.4. The number of aliphatic hydroxyl groups excluding tert-OH is 1. The molecule has 0 aliphatic carbocycles. The van der Waals surface area contributed by atoms with Gasteiger partial charge in [0.15, 0.2) is 0 Å². The molecule has 0 spiro atoms. The van der Waals surface area contributed by atoms with Crippen LogP contribution in [0.2, 0.25) is 0 Å². The van der Waals surface area contributed by atoms with Gasteiger partial charge in [0.2, 0.25) is 5.91 Å². The van der Waals surface area contributed by atoms with Crippen LogP contribution in [-0.4, -0.2) is 52.7 Å². The standard InChI is InChI=1S/C14H28N2O4/c1-2-3-4-5-6-8-16(9-7-10-17)14(20)12(15)11-13(18)19/h12,17H,2-11,15H2,1H3,(H,18,19). The van der Waals surface area contributed by atoms with Crippen molar-refractivity contribution in [2.24, 2.45) is 5.73 Å². The second kappa shape index (κ2) is 11.7. The first-order valence-electron chi connectivity index (χ1n) is 7.40. The predicted molar refractivity (Wildman–Crippen MR) is 77.3 cm³/mol. The van der Waals surface area contributed by atoms with Crippen LogP contribution in [0.25, 0.3) is 0 Å². The van der Waals surface area contributed by atoms with E-state index in [0.717, 1.165) is 25.7 Å². The van der Waals surface area contributed by atoms with Crippen LogP contribution in [0.5, 0.6) is 0 Å². The van der Waals surface area contributed by atoms with Gasteiger partial charge in [-0.05, 0) is 12.8 Å². The van der Waals surface area contributed by atoms with E-state index in [9.17, 15) is 9.59 Å². The summed E-state index contributed by atoms with van der Waals surface area (Å²) < 4.78 is 0. The van der Waals surface area contributed by atoms with Gasteiger partial charge in [-0.3, -0.25) is 9.59 Å². The molecule has 0 aliphatic rings. The highest BCUT2D eigenvalue weighted by Crippen LogP contribution is 2.06. The number of amides is 1. The summed E-state index contributed by atoms with van der Waals surface area (Å²) in [6.07, 6.45) is 5.55. The SMILES string of the molecule is CCCCCCCN(CCCO)C(=O)C(N)CC(=O)O. The lowest BCUT2D eigenvalue weighted by molar-refractivity contribution is -0.142. The summed E-state index contributed by atoms with van der Waals surface area (Å²) in [6.45, 7) is 3.15. The molecule has 1 unspecified atom stereocenters. The number of carboxylic acids is 1. The first-order chi connectivity index (χ1) is 9.52. The molecule has 0 bridgehead atoms. The van der Waals surface area contributed by atoms with Gasteiger partial charge in [0.05, 0.1) is 12.5 Å². The molecule has 0 fully saturated rings. The Labute approximate surface area is 120 Å². The summed E-state index contributed by atoms with van der Waals surface area (Å²) in [5.74, 6) is -1.41. The number of nitrogens with zero attached hydrogens (tertiary/aromatic N) is 1. The molecule has 0 saturated carbocycles. The molecule has 0 heterocycles. The number of carbonyl (C=O) groups is 2. The van der Waals surface area contributed by atoms with E-state index in [1.54, 1.807) is 4.90 Å². The number of rotatable bonds is 12. The number of aliphatic hydroxyl groups is 1. The molecular weight excluding hydrogens is 260 g/mol. The maximum atomic E-state index is 12.1. The van der Waals surface area contributed by atoms with E-state index in [-0.39, 0.29) is 18.9 Å². The summed E-state index contributed by atoms with van der Waals surface area (Å²) in [4.78, 5) is 24.2. The number of nitrogens with two attached hydrogens (primary N) is 1. The Morgan fingerprint density at radius 2 is 1.70 bits per heavy atom. The van der Waals surface area contributed by atoms with Crippen molar-refractivity contribution in [1.29, 1.82) is 0 Å². The minimum Gasteiger partial charge on any atom is -0.481 e. The summed E-state index contributed by atoms with van der Waals surface area (Å²) in [5.41, 5.74) is 5.61. The molecule has 0 aromatic carbocycles. The van der Waals surface area contributed by atoms with Crippen molar-refractivity contribution in [3.05, 3.63) is 0 Å². The Morgan fingerprint density at radius 3 is 2.25 bits per heavy atom. The molecule has 0 radical (unpaired) electrons. The molecule has 6 heteroatoms. The van der Waals surface area contributed by atoms with E-state index < -0.39 is 12.0 Å². The third-order valence-corrected chi connectivity index (χ3v) is 3.14. The van der Waals surface area contributed by atoms with Gasteiger partial charge in [-0.25, -0.2) is 0 Å². The van der Waals surface area contributed by atoms with Crippen molar-refractivity contribution >= 4 is 11.9 Å². The lowest BCUT2D eigenvalue weighted by Crippen LogP contribution is -2.45. The Kier molecular flexibility index (Phi) is 11.0. The molecule has 6 nitrogen and oxygen atoms in total. The maximum Gasteiger partial charge on any atom is 0.305 e. The Morgan fingerprint density at radius 1 is 1.10 bits per heavy atom. The number of aliphatic carboxylic acids is 1. The van der Waals surface area contributed by atoms with Gasteiger partial charge in [0.1, 0.15) is 0 Å². The normalized spacial score (nSPS) is 12.2. The topological polar surface area (TPSA) is 104 Å². The summed E-state index contributed by atoms with van der Waals surface area (Å²) in [5, 5.41) is 17.5. The maximum absolute atomic E-state index is 12.1. The Balaban J connectivity index is 4.23. The second-order valence-corrected chi connectivity index (χ2v) is 5.02. The first kappa shape index (κ1) is 18.9. The van der Waals surface area contributed by atoms with Crippen molar-refractivity contribution in [3.8, 4) is 0 Å².